The predicted molar refractivity (Wildman–Crippen MR) is 154 cm³/mol. The first-order valence-electron chi connectivity index (χ1n) is 13.6. The summed E-state index contributed by atoms with van der Waals surface area (Å²) in [6, 6.07) is 14.9. The Kier molecular flexibility index (Phi) is 10.8. The van der Waals surface area contributed by atoms with Gasteiger partial charge in [0, 0.05) is 32.2 Å². The van der Waals surface area contributed by atoms with Crippen LogP contribution >= 0.6 is 0 Å². The molecule has 10 heteroatoms. The Labute approximate surface area is 233 Å². The third-order valence-corrected chi connectivity index (χ3v) is 8.77. The van der Waals surface area contributed by atoms with Crippen molar-refractivity contribution >= 4 is 27.6 Å². The van der Waals surface area contributed by atoms with Gasteiger partial charge in [0.2, 0.25) is 15.9 Å². The van der Waals surface area contributed by atoms with Gasteiger partial charge in [-0.25, -0.2) is 13.2 Å². The van der Waals surface area contributed by atoms with Crippen molar-refractivity contribution in [3.63, 3.8) is 0 Å². The topological polar surface area (TPSA) is 99.3 Å². The Bertz CT molecular complexity index is 1210. The van der Waals surface area contributed by atoms with E-state index in [1.54, 1.807) is 36.0 Å². The van der Waals surface area contributed by atoms with Gasteiger partial charge in [-0.05, 0) is 50.3 Å². The highest BCUT2D eigenvalue weighted by Gasteiger charge is 2.33. The molecule has 1 heterocycles. The zero-order valence-electron chi connectivity index (χ0n) is 23.7. The van der Waals surface area contributed by atoms with Crippen molar-refractivity contribution < 1.29 is 22.7 Å². The van der Waals surface area contributed by atoms with Crippen molar-refractivity contribution in [2.45, 2.75) is 53.1 Å². The maximum Gasteiger partial charge on any atom is 0.321 e. The number of carbonyl (C=O) groups excluding carboxylic acids is 2. The summed E-state index contributed by atoms with van der Waals surface area (Å²) in [6.07, 6.45) is 1.20. The van der Waals surface area contributed by atoms with Crippen LogP contribution in [0.4, 0.5) is 10.5 Å². The standard InChI is InChI=1S/C29H42N4O5S/c1-6-39(36,37)32(19-22(2)3)21-28(34)33(20-24-13-11-23(4)12-14-24)25-15-17-31(18-16-25)29(35)30-26-9-7-8-10-27(26)38-5/h7-14,22,25H,6,15-21H2,1-5H3,(H,30,35). The minimum atomic E-state index is -3.53. The summed E-state index contributed by atoms with van der Waals surface area (Å²) < 4.78 is 32.2. The molecule has 3 amide bonds. The van der Waals surface area contributed by atoms with Crippen LogP contribution < -0.4 is 10.1 Å². The maximum atomic E-state index is 13.7. The van der Waals surface area contributed by atoms with Crippen LogP contribution in [0.5, 0.6) is 5.75 Å². The summed E-state index contributed by atoms with van der Waals surface area (Å²) in [4.78, 5) is 30.2. The number of anilines is 1. The lowest BCUT2D eigenvalue weighted by Gasteiger charge is -2.39. The van der Waals surface area contributed by atoms with E-state index in [9.17, 15) is 18.0 Å². The summed E-state index contributed by atoms with van der Waals surface area (Å²) in [5.74, 6) is 0.411. The molecule has 9 nitrogen and oxygen atoms in total. The van der Waals surface area contributed by atoms with Gasteiger partial charge in [0.05, 0.1) is 25.1 Å². The van der Waals surface area contributed by atoms with E-state index in [4.69, 9.17) is 4.74 Å². The molecule has 1 fully saturated rings. The average molecular weight is 559 g/mol. The van der Waals surface area contributed by atoms with Gasteiger partial charge < -0.3 is 19.9 Å². The molecule has 0 bridgehead atoms. The van der Waals surface area contributed by atoms with E-state index in [0.29, 0.717) is 50.5 Å². The first kappa shape index (κ1) is 30.4. The first-order chi connectivity index (χ1) is 18.5. The number of aryl methyl sites for hydroxylation is 1. The number of piperidine rings is 1. The molecule has 1 N–H and O–H groups in total. The van der Waals surface area contributed by atoms with E-state index in [1.165, 1.54) is 4.31 Å². The second kappa shape index (κ2) is 13.8. The Morgan fingerprint density at radius 2 is 1.72 bits per heavy atom. The average Bonchev–Trinajstić information content (AvgIpc) is 2.92. The third-order valence-electron chi connectivity index (χ3n) is 6.97. The summed E-state index contributed by atoms with van der Waals surface area (Å²) in [5.41, 5.74) is 2.72. The molecule has 0 unspecified atom stereocenters. The fraction of sp³-hybridized carbons (Fsp3) is 0.517. The fourth-order valence-electron chi connectivity index (χ4n) is 4.74. The zero-order chi connectivity index (χ0) is 28.6. The molecule has 0 aromatic heterocycles. The van der Waals surface area contributed by atoms with Crippen LogP contribution in [0.25, 0.3) is 0 Å². The summed E-state index contributed by atoms with van der Waals surface area (Å²) in [7, 11) is -1.97. The number of nitrogens with one attached hydrogen (secondary N) is 1. The Morgan fingerprint density at radius 3 is 2.31 bits per heavy atom. The van der Waals surface area contributed by atoms with Gasteiger partial charge in [0.1, 0.15) is 5.75 Å². The number of hydrogen-bond acceptors (Lipinski definition) is 5. The number of hydrogen-bond donors (Lipinski definition) is 1. The number of nitrogens with zero attached hydrogens (tertiary/aromatic N) is 3. The predicted octanol–water partition coefficient (Wildman–Crippen LogP) is 4.34. The molecule has 0 saturated carbocycles. The lowest BCUT2D eigenvalue weighted by atomic mass is 10.0. The van der Waals surface area contributed by atoms with Crippen LogP contribution in [-0.4, -0.2) is 79.5 Å². The number of urea groups is 1. The number of ether oxygens (including phenoxy) is 1. The molecule has 2 aromatic rings. The van der Waals surface area contributed by atoms with E-state index < -0.39 is 10.0 Å². The molecule has 0 atom stereocenters. The summed E-state index contributed by atoms with van der Waals surface area (Å²) in [5, 5.41) is 2.92. The van der Waals surface area contributed by atoms with Gasteiger partial charge >= 0.3 is 6.03 Å². The molecule has 0 aliphatic carbocycles. The van der Waals surface area contributed by atoms with Crippen molar-refractivity contribution in [2.75, 3.05) is 44.4 Å². The molecule has 1 aliphatic heterocycles. The number of amides is 3. The number of methoxy groups -OCH3 is 1. The maximum absolute atomic E-state index is 13.7. The molecule has 1 saturated heterocycles. The normalized spacial score (nSPS) is 14.5. The minimum absolute atomic E-state index is 0.0509. The molecule has 0 spiro atoms. The molecule has 2 aromatic carbocycles. The van der Waals surface area contributed by atoms with Crippen molar-refractivity contribution in [1.29, 1.82) is 0 Å². The van der Waals surface area contributed by atoms with Gasteiger partial charge in [0.25, 0.3) is 0 Å². The van der Waals surface area contributed by atoms with Gasteiger partial charge in [-0.15, -0.1) is 0 Å². The monoisotopic (exact) mass is 558 g/mol. The minimum Gasteiger partial charge on any atom is -0.495 e. The van der Waals surface area contributed by atoms with Crippen molar-refractivity contribution in [3.8, 4) is 5.75 Å². The Hall–Kier alpha value is -3.11. The Morgan fingerprint density at radius 1 is 1.08 bits per heavy atom. The molecule has 0 radical (unpaired) electrons. The first-order valence-corrected chi connectivity index (χ1v) is 15.2. The molecule has 39 heavy (non-hydrogen) atoms. The van der Waals surface area contributed by atoms with Crippen molar-refractivity contribution in [3.05, 3.63) is 59.7 Å². The third kappa shape index (κ3) is 8.44. The van der Waals surface area contributed by atoms with Crippen LogP contribution in [0.2, 0.25) is 0 Å². The molecule has 1 aliphatic rings. The fourth-order valence-corrected chi connectivity index (χ4v) is 5.94. The molecular weight excluding hydrogens is 516 g/mol. The van der Waals surface area contributed by atoms with E-state index in [2.05, 4.69) is 5.32 Å². The van der Waals surface area contributed by atoms with Crippen LogP contribution in [-0.2, 0) is 21.4 Å². The zero-order valence-corrected chi connectivity index (χ0v) is 24.5. The number of sulfonamides is 1. The highest BCUT2D eigenvalue weighted by atomic mass is 32.2. The van der Waals surface area contributed by atoms with Crippen molar-refractivity contribution in [1.82, 2.24) is 14.1 Å². The van der Waals surface area contributed by atoms with E-state index in [0.717, 1.165) is 11.1 Å². The lowest BCUT2D eigenvalue weighted by Crippen LogP contribution is -2.52. The number of likely N-dealkylation sites (tertiary alicyclic amines) is 1. The van der Waals surface area contributed by atoms with Gasteiger partial charge in [-0.2, -0.15) is 4.31 Å². The van der Waals surface area contributed by atoms with E-state index in [1.807, 2.05) is 57.2 Å². The number of rotatable bonds is 11. The van der Waals surface area contributed by atoms with E-state index in [-0.39, 0.29) is 36.2 Å². The van der Waals surface area contributed by atoms with Crippen LogP contribution in [0.1, 0.15) is 44.7 Å². The highest BCUT2D eigenvalue weighted by molar-refractivity contribution is 7.89. The lowest BCUT2D eigenvalue weighted by molar-refractivity contribution is -0.135. The van der Waals surface area contributed by atoms with Gasteiger partial charge in [0.15, 0.2) is 0 Å². The molecular formula is C29H42N4O5S. The number of carbonyl (C=O) groups is 2. The SMILES string of the molecule is CCS(=O)(=O)N(CC(=O)N(Cc1ccc(C)cc1)C1CCN(C(=O)Nc2ccccc2OC)CC1)CC(C)C. The van der Waals surface area contributed by atoms with Crippen LogP contribution in [0.15, 0.2) is 48.5 Å². The molecule has 214 valence electrons. The second-order valence-corrected chi connectivity index (χ2v) is 12.7. The smallest absolute Gasteiger partial charge is 0.321 e. The Balaban J connectivity index is 1.74. The summed E-state index contributed by atoms with van der Waals surface area (Å²) >= 11 is 0. The largest absolute Gasteiger partial charge is 0.495 e. The second-order valence-electron chi connectivity index (χ2n) is 10.4. The van der Waals surface area contributed by atoms with E-state index >= 15 is 0 Å². The van der Waals surface area contributed by atoms with Gasteiger partial charge in [-0.1, -0.05) is 55.8 Å². The highest BCUT2D eigenvalue weighted by Crippen LogP contribution is 2.25. The van der Waals surface area contributed by atoms with Crippen LogP contribution in [0, 0.1) is 12.8 Å². The number of para-hydroxylation sites is 2. The quantitative estimate of drug-likeness (QED) is 0.443. The summed E-state index contributed by atoms with van der Waals surface area (Å²) in [6.45, 7) is 8.95. The van der Waals surface area contributed by atoms with Crippen LogP contribution in [0.3, 0.4) is 0 Å². The number of benzene rings is 2. The van der Waals surface area contributed by atoms with Gasteiger partial charge in [-0.3, -0.25) is 4.79 Å². The molecule has 3 rings (SSSR count). The van der Waals surface area contributed by atoms with Crippen molar-refractivity contribution in [2.24, 2.45) is 5.92 Å².